The van der Waals surface area contributed by atoms with Gasteiger partial charge in [0.15, 0.2) is 0 Å². The van der Waals surface area contributed by atoms with E-state index in [1.165, 1.54) is 16.1 Å². The molecule has 0 saturated carbocycles. The highest BCUT2D eigenvalue weighted by molar-refractivity contribution is 7.09. The van der Waals surface area contributed by atoms with Crippen molar-refractivity contribution in [1.29, 1.82) is 0 Å². The van der Waals surface area contributed by atoms with E-state index in [1.54, 1.807) is 18.4 Å². The minimum absolute atomic E-state index is 0.410. The Hall–Kier alpha value is -2.72. The molecular formula is C19H24F6N4O5S. The van der Waals surface area contributed by atoms with E-state index in [0.29, 0.717) is 5.92 Å². The Balaban J connectivity index is 0.000000362. The molecule has 0 aliphatic carbocycles. The molecule has 0 aromatic carbocycles. The van der Waals surface area contributed by atoms with Crippen LogP contribution in [0.5, 0.6) is 0 Å². The molecule has 16 heteroatoms. The van der Waals surface area contributed by atoms with Crippen molar-refractivity contribution in [3.63, 3.8) is 0 Å². The summed E-state index contributed by atoms with van der Waals surface area (Å²) in [5.41, 5.74) is 5.78. The molecule has 2 aromatic heterocycles. The number of aliphatic carboxylic acids is 2. The fraction of sp³-hybridized carbons (Fsp3) is 0.579. The minimum atomic E-state index is -5.08. The number of aromatic nitrogens is 3. The molecule has 0 bridgehead atoms. The third-order valence-corrected chi connectivity index (χ3v) is 5.56. The van der Waals surface area contributed by atoms with Gasteiger partial charge in [-0.25, -0.2) is 14.6 Å². The van der Waals surface area contributed by atoms with Gasteiger partial charge in [0.2, 0.25) is 0 Å². The number of fused-ring (bicyclic) bond motifs is 1. The summed E-state index contributed by atoms with van der Waals surface area (Å²) in [5, 5.41) is 18.8. The van der Waals surface area contributed by atoms with Crippen LogP contribution in [-0.4, -0.2) is 74.4 Å². The molecule has 1 unspecified atom stereocenters. The van der Waals surface area contributed by atoms with Crippen molar-refractivity contribution in [1.82, 2.24) is 19.7 Å². The van der Waals surface area contributed by atoms with E-state index < -0.39 is 24.3 Å². The lowest BCUT2D eigenvalue weighted by atomic mass is 9.95. The number of rotatable bonds is 5. The number of halogens is 6. The van der Waals surface area contributed by atoms with Crippen molar-refractivity contribution in [3.05, 3.63) is 33.5 Å². The molecule has 2 N–H and O–H groups in total. The number of ether oxygens (including phenoxy) is 1. The molecule has 35 heavy (non-hydrogen) atoms. The minimum Gasteiger partial charge on any atom is -0.475 e. The molecule has 0 fully saturated rings. The Morgan fingerprint density at radius 1 is 1.17 bits per heavy atom. The first-order chi connectivity index (χ1) is 16.1. The van der Waals surface area contributed by atoms with Crippen LogP contribution in [0.1, 0.15) is 34.7 Å². The van der Waals surface area contributed by atoms with Gasteiger partial charge in [0.25, 0.3) is 0 Å². The van der Waals surface area contributed by atoms with E-state index in [0.717, 1.165) is 38.5 Å². The summed E-state index contributed by atoms with van der Waals surface area (Å²) in [4.78, 5) is 26.0. The zero-order valence-corrected chi connectivity index (χ0v) is 19.7. The largest absolute Gasteiger partial charge is 0.490 e. The molecule has 9 nitrogen and oxygen atoms in total. The van der Waals surface area contributed by atoms with Crippen LogP contribution >= 0.6 is 11.3 Å². The maximum absolute atomic E-state index is 10.6. The van der Waals surface area contributed by atoms with Crippen molar-refractivity contribution in [2.24, 2.45) is 0 Å². The second-order valence-corrected chi connectivity index (χ2v) is 8.09. The van der Waals surface area contributed by atoms with Crippen LogP contribution in [0.3, 0.4) is 0 Å². The zero-order chi connectivity index (χ0) is 27.0. The number of carboxylic acid groups (broad SMARTS) is 2. The van der Waals surface area contributed by atoms with Crippen molar-refractivity contribution in [2.45, 2.75) is 51.8 Å². The Kier molecular flexibility index (Phi) is 11.1. The summed E-state index contributed by atoms with van der Waals surface area (Å²) in [6.45, 7) is 8.84. The monoisotopic (exact) mass is 534 g/mol. The van der Waals surface area contributed by atoms with Crippen LogP contribution in [0.25, 0.3) is 0 Å². The number of carboxylic acids is 2. The van der Waals surface area contributed by atoms with Crippen molar-refractivity contribution in [2.75, 3.05) is 20.3 Å². The quantitative estimate of drug-likeness (QED) is 0.558. The molecule has 0 radical (unpaired) electrons. The summed E-state index contributed by atoms with van der Waals surface area (Å²) in [6, 6.07) is 0. The molecule has 198 valence electrons. The van der Waals surface area contributed by atoms with E-state index in [-0.39, 0.29) is 0 Å². The van der Waals surface area contributed by atoms with E-state index in [1.807, 2.05) is 11.7 Å². The van der Waals surface area contributed by atoms with Gasteiger partial charge in [-0.2, -0.15) is 31.4 Å². The Bertz CT molecular complexity index is 952. The molecule has 0 spiro atoms. The van der Waals surface area contributed by atoms with Gasteiger partial charge in [0.1, 0.15) is 0 Å². The van der Waals surface area contributed by atoms with E-state index >= 15 is 0 Å². The Morgan fingerprint density at radius 2 is 1.71 bits per heavy atom. The Morgan fingerprint density at radius 3 is 2.11 bits per heavy atom. The van der Waals surface area contributed by atoms with Gasteiger partial charge >= 0.3 is 24.3 Å². The summed E-state index contributed by atoms with van der Waals surface area (Å²) in [6.07, 6.45) is -8.14. The van der Waals surface area contributed by atoms with Crippen molar-refractivity contribution in [3.8, 4) is 0 Å². The van der Waals surface area contributed by atoms with Gasteiger partial charge in [-0.1, -0.05) is 0 Å². The van der Waals surface area contributed by atoms with Crippen LogP contribution < -0.4 is 0 Å². The van der Waals surface area contributed by atoms with Gasteiger partial charge in [-0.15, -0.1) is 11.3 Å². The van der Waals surface area contributed by atoms with Gasteiger partial charge < -0.3 is 14.9 Å². The molecular weight excluding hydrogens is 510 g/mol. The number of hydrogen-bond donors (Lipinski definition) is 2. The average molecular weight is 534 g/mol. The highest BCUT2D eigenvalue weighted by Gasteiger charge is 2.38. The lowest BCUT2D eigenvalue weighted by Crippen LogP contribution is -2.35. The third kappa shape index (κ3) is 9.45. The summed E-state index contributed by atoms with van der Waals surface area (Å²) >= 11 is 1.74. The molecule has 0 saturated heterocycles. The lowest BCUT2D eigenvalue weighted by Gasteiger charge is -2.32. The van der Waals surface area contributed by atoms with Crippen molar-refractivity contribution < 1.29 is 50.9 Å². The lowest BCUT2D eigenvalue weighted by molar-refractivity contribution is -0.193. The normalized spacial score (nSPS) is 15.9. The predicted molar refractivity (Wildman–Crippen MR) is 111 cm³/mol. The highest BCUT2D eigenvalue weighted by Crippen LogP contribution is 2.30. The first kappa shape index (κ1) is 30.3. The Labute approximate surface area is 199 Å². The smallest absolute Gasteiger partial charge is 0.475 e. The van der Waals surface area contributed by atoms with Gasteiger partial charge in [0, 0.05) is 49.6 Å². The SMILES string of the molecule is CCn1ncc2c1CN(Cc1scnc1C)CC2COC.O=C(O)C(F)(F)F.O=C(O)C(F)(F)F. The van der Waals surface area contributed by atoms with Crippen LogP contribution in [0, 0.1) is 6.92 Å². The number of nitrogens with zero attached hydrogens (tertiary/aromatic N) is 4. The average Bonchev–Trinajstić information content (AvgIpc) is 3.34. The summed E-state index contributed by atoms with van der Waals surface area (Å²) < 4.78 is 71.0. The molecule has 3 rings (SSSR count). The van der Waals surface area contributed by atoms with Crippen LogP contribution in [0.4, 0.5) is 26.3 Å². The zero-order valence-electron chi connectivity index (χ0n) is 18.9. The van der Waals surface area contributed by atoms with Crippen LogP contribution in [-0.2, 0) is 34.0 Å². The third-order valence-electron chi connectivity index (χ3n) is 4.64. The molecule has 1 aliphatic rings. The van der Waals surface area contributed by atoms with Crippen LogP contribution in [0.2, 0.25) is 0 Å². The second-order valence-electron chi connectivity index (χ2n) is 7.15. The highest BCUT2D eigenvalue weighted by atomic mass is 32.1. The first-order valence-electron chi connectivity index (χ1n) is 9.86. The topological polar surface area (TPSA) is 118 Å². The fourth-order valence-corrected chi connectivity index (χ4v) is 3.86. The molecule has 1 aliphatic heterocycles. The predicted octanol–water partition coefficient (Wildman–Crippen LogP) is 3.68. The van der Waals surface area contributed by atoms with E-state index in [2.05, 4.69) is 33.5 Å². The second kappa shape index (κ2) is 12.8. The maximum atomic E-state index is 10.6. The summed E-state index contributed by atoms with van der Waals surface area (Å²) in [7, 11) is 1.77. The molecule has 1 atom stereocenters. The first-order valence-corrected chi connectivity index (χ1v) is 10.7. The van der Waals surface area contributed by atoms with Crippen LogP contribution in [0.15, 0.2) is 11.7 Å². The molecule has 2 aromatic rings. The van der Waals surface area contributed by atoms with Gasteiger partial charge in [0.05, 0.1) is 29.7 Å². The van der Waals surface area contributed by atoms with Gasteiger partial charge in [-0.05, 0) is 13.8 Å². The standard InChI is InChI=1S/C15H22N4OS.2C2HF3O2/c1-4-19-14-7-18(8-15-11(2)16-10-21-15)6-12(9-20-3)13(14)5-17-19;2*3-2(4,5)1(6)7/h5,10,12H,4,6-9H2,1-3H3;2*(H,6,7). The fourth-order valence-electron chi connectivity index (χ4n) is 3.04. The molecule has 3 heterocycles. The summed E-state index contributed by atoms with van der Waals surface area (Å²) in [5.74, 6) is -5.10. The number of methoxy groups -OCH3 is 1. The number of carbonyl (C=O) groups is 2. The maximum Gasteiger partial charge on any atom is 0.490 e. The number of thiazole rings is 1. The van der Waals surface area contributed by atoms with Gasteiger partial charge in [-0.3, -0.25) is 9.58 Å². The van der Waals surface area contributed by atoms with Crippen molar-refractivity contribution >= 4 is 23.3 Å². The number of hydrogen-bond acceptors (Lipinski definition) is 7. The number of alkyl halides is 6. The number of aryl methyl sites for hydroxylation is 2. The van der Waals surface area contributed by atoms with E-state index in [4.69, 9.17) is 24.5 Å². The van der Waals surface area contributed by atoms with E-state index in [9.17, 15) is 26.3 Å². The molecule has 0 amide bonds.